The summed E-state index contributed by atoms with van der Waals surface area (Å²) in [6.07, 6.45) is 4.32. The molecule has 1 aromatic heterocycles. The second-order valence-electron chi connectivity index (χ2n) is 4.15. The molecule has 0 saturated carbocycles. The number of non-ortho nitro benzene ring substituents is 1. The van der Waals surface area contributed by atoms with Crippen LogP contribution in [-0.4, -0.2) is 20.8 Å². The van der Waals surface area contributed by atoms with E-state index in [1.807, 2.05) is 0 Å². The number of aromatic nitrogens is 2. The van der Waals surface area contributed by atoms with Crippen molar-refractivity contribution >= 4 is 29.4 Å². The van der Waals surface area contributed by atoms with E-state index in [4.69, 9.17) is 11.0 Å². The van der Waals surface area contributed by atoms with E-state index in [0.717, 1.165) is 11.8 Å². The first-order valence-electron chi connectivity index (χ1n) is 6.16. The smallest absolute Gasteiger partial charge is 0.270 e. The van der Waals surface area contributed by atoms with Crippen LogP contribution in [0.3, 0.4) is 0 Å². The maximum Gasteiger partial charge on any atom is 0.270 e. The van der Waals surface area contributed by atoms with Gasteiger partial charge in [0.2, 0.25) is 0 Å². The molecule has 0 aliphatic heterocycles. The van der Waals surface area contributed by atoms with Crippen molar-refractivity contribution in [2.24, 2.45) is 5.73 Å². The Bertz CT molecular complexity index is 830. The van der Waals surface area contributed by atoms with Crippen LogP contribution in [0.1, 0.15) is 5.56 Å². The van der Waals surface area contributed by atoms with Crippen LogP contribution < -0.4 is 5.73 Å². The first-order chi connectivity index (χ1) is 11.0. The third-order valence-electron chi connectivity index (χ3n) is 2.63. The molecule has 0 unspecified atom stereocenters. The highest BCUT2D eigenvalue weighted by atomic mass is 32.2. The number of nitro groups is 1. The molecular weight excluding hydrogens is 318 g/mol. The number of hydrogen-bond acceptors (Lipinski definition) is 7. The first kappa shape index (κ1) is 16.1. The van der Waals surface area contributed by atoms with E-state index in [1.54, 1.807) is 24.5 Å². The summed E-state index contributed by atoms with van der Waals surface area (Å²) >= 11 is 1.15. The van der Waals surface area contributed by atoms with Crippen LogP contribution in [0.5, 0.6) is 0 Å². The number of hydrogen-bond donors (Lipinski definition) is 1. The number of nitriles is 1. The highest BCUT2D eigenvalue weighted by molar-refractivity contribution is 7.99. The van der Waals surface area contributed by atoms with Crippen molar-refractivity contribution in [2.75, 3.05) is 0 Å². The average molecular weight is 327 g/mol. The van der Waals surface area contributed by atoms with Crippen molar-refractivity contribution in [3.63, 3.8) is 0 Å². The molecule has 2 rings (SSSR count). The highest BCUT2D eigenvalue weighted by Gasteiger charge is 2.13. The fourth-order valence-corrected chi connectivity index (χ4v) is 2.40. The van der Waals surface area contributed by atoms with Crippen molar-refractivity contribution in [1.29, 1.82) is 5.26 Å². The zero-order chi connectivity index (χ0) is 16.8. The van der Waals surface area contributed by atoms with Crippen LogP contribution in [0, 0.1) is 21.4 Å². The van der Waals surface area contributed by atoms with Gasteiger partial charge in [-0.2, -0.15) is 5.26 Å². The lowest BCUT2D eigenvalue weighted by Gasteiger charge is -2.05. The van der Waals surface area contributed by atoms with Crippen molar-refractivity contribution in [3.05, 3.63) is 57.9 Å². The van der Waals surface area contributed by atoms with Gasteiger partial charge in [-0.1, -0.05) is 0 Å². The Hall–Kier alpha value is -3.25. The van der Waals surface area contributed by atoms with E-state index in [2.05, 4.69) is 9.97 Å². The largest absolute Gasteiger partial charge is 0.365 e. The van der Waals surface area contributed by atoms with E-state index in [1.165, 1.54) is 24.3 Å². The second kappa shape index (κ2) is 7.15. The molecule has 0 fully saturated rings. The van der Waals surface area contributed by atoms with Crippen LogP contribution >= 0.6 is 11.8 Å². The second-order valence-corrected chi connectivity index (χ2v) is 5.16. The summed E-state index contributed by atoms with van der Waals surface area (Å²) in [5.74, 6) is -0.911. The van der Waals surface area contributed by atoms with E-state index < -0.39 is 10.8 Å². The summed E-state index contributed by atoms with van der Waals surface area (Å²) in [7, 11) is 0. The number of nitro benzene ring substituents is 1. The number of primary amides is 1. The van der Waals surface area contributed by atoms with Crippen LogP contribution in [0.15, 0.2) is 52.3 Å². The molecule has 0 radical (unpaired) electrons. The Morgan fingerprint density at radius 3 is 2.65 bits per heavy atom. The minimum absolute atomic E-state index is 0.170. The van der Waals surface area contributed by atoms with E-state index >= 15 is 0 Å². The van der Waals surface area contributed by atoms with Gasteiger partial charge in [-0.3, -0.25) is 14.9 Å². The average Bonchev–Trinajstić information content (AvgIpc) is 2.54. The summed E-state index contributed by atoms with van der Waals surface area (Å²) < 4.78 is 0. The van der Waals surface area contributed by atoms with Crippen LogP contribution in [0.2, 0.25) is 0 Å². The molecule has 0 spiro atoms. The number of amides is 1. The van der Waals surface area contributed by atoms with Gasteiger partial charge in [-0.25, -0.2) is 9.97 Å². The summed E-state index contributed by atoms with van der Waals surface area (Å²) in [5.41, 5.74) is 4.94. The molecule has 114 valence electrons. The molecule has 1 heterocycles. The number of carbonyl (C=O) groups excluding carboxylic acids is 1. The van der Waals surface area contributed by atoms with Crippen LogP contribution in [0.25, 0.3) is 6.08 Å². The minimum Gasteiger partial charge on any atom is -0.365 e. The number of rotatable bonds is 5. The molecule has 0 aliphatic rings. The Labute approximate surface area is 134 Å². The standard InChI is InChI=1S/C14H9N5O3S/c15-8-10(13(16)20)6-9-7-11(19(21)22)2-3-12(9)23-14-17-4-1-5-18-14/h1-7H,(H2,16,20)/b10-6+. The van der Waals surface area contributed by atoms with Crippen LogP contribution in [0.4, 0.5) is 5.69 Å². The minimum atomic E-state index is -0.911. The molecule has 1 aromatic carbocycles. The van der Waals surface area contributed by atoms with Gasteiger partial charge in [0, 0.05) is 29.4 Å². The highest BCUT2D eigenvalue weighted by Crippen LogP contribution is 2.31. The Morgan fingerprint density at radius 1 is 1.39 bits per heavy atom. The Balaban J connectivity index is 2.51. The maximum absolute atomic E-state index is 11.2. The zero-order valence-electron chi connectivity index (χ0n) is 11.5. The molecule has 0 aliphatic carbocycles. The first-order valence-corrected chi connectivity index (χ1v) is 6.98. The van der Waals surface area contributed by atoms with Crippen LogP contribution in [-0.2, 0) is 4.79 Å². The Morgan fingerprint density at radius 2 is 2.09 bits per heavy atom. The summed E-state index contributed by atoms with van der Waals surface area (Å²) in [6, 6.07) is 7.40. The third-order valence-corrected chi connectivity index (χ3v) is 3.62. The SMILES string of the molecule is N#C/C(=C\c1cc([N+](=O)[O-])ccc1Sc1ncccn1)C(N)=O. The van der Waals surface area contributed by atoms with Gasteiger partial charge in [-0.15, -0.1) is 0 Å². The topological polar surface area (TPSA) is 136 Å². The zero-order valence-corrected chi connectivity index (χ0v) is 12.4. The molecule has 0 saturated heterocycles. The van der Waals surface area contributed by atoms with Gasteiger partial charge >= 0.3 is 0 Å². The van der Waals surface area contributed by atoms with Gasteiger partial charge in [0.25, 0.3) is 11.6 Å². The normalized spacial score (nSPS) is 10.8. The predicted molar refractivity (Wildman–Crippen MR) is 82.0 cm³/mol. The molecule has 2 N–H and O–H groups in total. The molecule has 0 bridgehead atoms. The monoisotopic (exact) mass is 327 g/mol. The van der Waals surface area contributed by atoms with E-state index in [9.17, 15) is 14.9 Å². The third kappa shape index (κ3) is 4.12. The lowest BCUT2D eigenvalue weighted by Crippen LogP contribution is -2.12. The molecule has 9 heteroatoms. The van der Waals surface area contributed by atoms with Gasteiger partial charge in [0.05, 0.1) is 4.92 Å². The summed E-state index contributed by atoms with van der Waals surface area (Å²) in [4.78, 5) is 30.2. The quantitative estimate of drug-likeness (QED) is 0.291. The molecular formula is C14H9N5O3S. The van der Waals surface area contributed by atoms with E-state index in [0.29, 0.717) is 15.6 Å². The fourth-order valence-electron chi connectivity index (χ4n) is 1.61. The van der Waals surface area contributed by atoms with Gasteiger partial charge < -0.3 is 5.73 Å². The van der Waals surface area contributed by atoms with E-state index in [-0.39, 0.29) is 11.3 Å². The lowest BCUT2D eigenvalue weighted by atomic mass is 10.1. The summed E-state index contributed by atoms with van der Waals surface area (Å²) in [5, 5.41) is 20.3. The van der Waals surface area contributed by atoms with Gasteiger partial charge in [-0.05, 0) is 35.5 Å². The molecule has 8 nitrogen and oxygen atoms in total. The molecule has 1 amide bonds. The van der Waals surface area contributed by atoms with Crippen molar-refractivity contribution < 1.29 is 9.72 Å². The number of benzene rings is 1. The van der Waals surface area contributed by atoms with Gasteiger partial charge in [0.1, 0.15) is 11.6 Å². The van der Waals surface area contributed by atoms with Crippen molar-refractivity contribution in [1.82, 2.24) is 9.97 Å². The van der Waals surface area contributed by atoms with Gasteiger partial charge in [0.15, 0.2) is 5.16 Å². The molecule has 23 heavy (non-hydrogen) atoms. The fraction of sp³-hybridized carbons (Fsp3) is 0. The number of carbonyl (C=O) groups is 1. The molecule has 0 atom stereocenters. The maximum atomic E-state index is 11.2. The predicted octanol–water partition coefficient (Wildman–Crippen LogP) is 1.93. The number of nitrogens with two attached hydrogens (primary N) is 1. The Kier molecular flexibility index (Phi) is 5.01. The number of nitrogens with zero attached hydrogens (tertiary/aromatic N) is 4. The molecule has 2 aromatic rings. The van der Waals surface area contributed by atoms with Crippen molar-refractivity contribution in [3.8, 4) is 6.07 Å². The summed E-state index contributed by atoms with van der Waals surface area (Å²) in [6.45, 7) is 0. The lowest BCUT2D eigenvalue weighted by molar-refractivity contribution is -0.384. The van der Waals surface area contributed by atoms with Crippen molar-refractivity contribution in [2.45, 2.75) is 10.1 Å².